The van der Waals surface area contributed by atoms with Crippen LogP contribution in [0.2, 0.25) is 5.02 Å². The normalized spacial score (nSPS) is 10.6. The molecule has 1 aromatic carbocycles. The molecule has 2 rings (SSSR count). The lowest BCUT2D eigenvalue weighted by molar-refractivity contribution is 0.195. The SMILES string of the molecule is O=C(O)n1c(=O)oc2ccc(Cl)cc21. The van der Waals surface area contributed by atoms with Crippen LogP contribution in [-0.2, 0) is 0 Å². The minimum Gasteiger partial charge on any atom is -0.464 e. The maximum Gasteiger partial charge on any atom is 0.429 e. The average molecular weight is 214 g/mol. The number of aromatic nitrogens is 1. The Morgan fingerprint density at radius 3 is 2.86 bits per heavy atom. The van der Waals surface area contributed by atoms with Crippen LogP contribution in [0.5, 0.6) is 0 Å². The van der Waals surface area contributed by atoms with Crippen molar-refractivity contribution in [3.05, 3.63) is 33.8 Å². The van der Waals surface area contributed by atoms with Gasteiger partial charge in [0.2, 0.25) is 0 Å². The zero-order valence-corrected chi connectivity index (χ0v) is 7.49. The molecule has 0 atom stereocenters. The number of fused-ring (bicyclic) bond motifs is 1. The Morgan fingerprint density at radius 2 is 2.21 bits per heavy atom. The number of carboxylic acid groups (broad SMARTS) is 1. The molecular weight excluding hydrogens is 210 g/mol. The van der Waals surface area contributed by atoms with Gasteiger partial charge in [-0.15, -0.1) is 0 Å². The van der Waals surface area contributed by atoms with Crippen molar-refractivity contribution < 1.29 is 14.3 Å². The molecular formula is C8H4ClNO4. The van der Waals surface area contributed by atoms with Crippen molar-refractivity contribution in [1.82, 2.24) is 4.57 Å². The summed E-state index contributed by atoms with van der Waals surface area (Å²) in [4.78, 5) is 21.7. The molecule has 1 heterocycles. The van der Waals surface area contributed by atoms with Gasteiger partial charge >= 0.3 is 11.8 Å². The van der Waals surface area contributed by atoms with Crippen LogP contribution in [0.25, 0.3) is 11.1 Å². The minimum absolute atomic E-state index is 0.148. The molecule has 0 amide bonds. The van der Waals surface area contributed by atoms with E-state index < -0.39 is 11.8 Å². The van der Waals surface area contributed by atoms with Crippen molar-refractivity contribution in [3.63, 3.8) is 0 Å². The van der Waals surface area contributed by atoms with E-state index in [0.717, 1.165) is 0 Å². The van der Waals surface area contributed by atoms with Crippen LogP contribution < -0.4 is 5.76 Å². The topological polar surface area (TPSA) is 72.4 Å². The van der Waals surface area contributed by atoms with Gasteiger partial charge in [0.05, 0.1) is 0 Å². The zero-order chi connectivity index (χ0) is 10.3. The molecule has 0 fully saturated rings. The van der Waals surface area contributed by atoms with Crippen molar-refractivity contribution in [3.8, 4) is 0 Å². The van der Waals surface area contributed by atoms with E-state index in [1.165, 1.54) is 18.2 Å². The van der Waals surface area contributed by atoms with Gasteiger partial charge in [0.15, 0.2) is 5.58 Å². The summed E-state index contributed by atoms with van der Waals surface area (Å²) in [6, 6.07) is 4.31. The van der Waals surface area contributed by atoms with Crippen molar-refractivity contribution in [2.75, 3.05) is 0 Å². The molecule has 0 bridgehead atoms. The lowest BCUT2D eigenvalue weighted by Gasteiger charge is -1.93. The lowest BCUT2D eigenvalue weighted by atomic mass is 10.3. The lowest BCUT2D eigenvalue weighted by Crippen LogP contribution is -2.20. The molecule has 2 aromatic rings. The van der Waals surface area contributed by atoms with E-state index in [0.29, 0.717) is 9.59 Å². The maximum absolute atomic E-state index is 11.1. The quantitative estimate of drug-likeness (QED) is 0.724. The molecule has 0 saturated heterocycles. The zero-order valence-electron chi connectivity index (χ0n) is 6.73. The molecule has 0 aliphatic rings. The highest BCUT2D eigenvalue weighted by Crippen LogP contribution is 2.17. The van der Waals surface area contributed by atoms with E-state index in [-0.39, 0.29) is 11.1 Å². The smallest absolute Gasteiger partial charge is 0.429 e. The first-order valence-corrected chi connectivity index (χ1v) is 4.02. The van der Waals surface area contributed by atoms with Crippen LogP contribution >= 0.6 is 11.6 Å². The summed E-state index contributed by atoms with van der Waals surface area (Å²) in [5.41, 5.74) is 0.344. The standard InChI is InChI=1S/C8H4ClNO4/c9-4-1-2-6-5(3-4)10(7(11)12)8(13)14-6/h1-3H,(H,11,12). The summed E-state index contributed by atoms with van der Waals surface area (Å²) in [5.74, 6) is -0.935. The van der Waals surface area contributed by atoms with Crippen LogP contribution in [0.4, 0.5) is 4.79 Å². The second-order valence-electron chi connectivity index (χ2n) is 2.60. The van der Waals surface area contributed by atoms with Crippen LogP contribution in [0.1, 0.15) is 0 Å². The van der Waals surface area contributed by atoms with E-state index in [4.69, 9.17) is 16.7 Å². The highest BCUT2D eigenvalue weighted by molar-refractivity contribution is 6.31. The first-order valence-electron chi connectivity index (χ1n) is 3.64. The van der Waals surface area contributed by atoms with Gasteiger partial charge in [-0.3, -0.25) is 0 Å². The Balaban J connectivity index is 2.93. The summed E-state index contributed by atoms with van der Waals surface area (Å²) < 4.78 is 5.18. The monoisotopic (exact) mass is 213 g/mol. The Labute approximate surface area is 82.1 Å². The molecule has 0 aliphatic heterocycles. The van der Waals surface area contributed by atoms with Gasteiger partial charge in [0.25, 0.3) is 0 Å². The predicted octanol–water partition coefficient (Wildman–Crippen LogP) is 1.77. The molecule has 0 unspecified atom stereocenters. The van der Waals surface area contributed by atoms with E-state index in [2.05, 4.69) is 4.42 Å². The number of hydrogen-bond acceptors (Lipinski definition) is 3. The molecule has 1 aromatic heterocycles. The van der Waals surface area contributed by atoms with Crippen molar-refractivity contribution in [1.29, 1.82) is 0 Å². The summed E-state index contributed by atoms with van der Waals surface area (Å²) in [6.07, 6.45) is -1.39. The van der Waals surface area contributed by atoms with Gasteiger partial charge in [-0.1, -0.05) is 11.6 Å². The number of benzene rings is 1. The largest absolute Gasteiger partial charge is 0.464 e. The molecule has 0 radical (unpaired) electrons. The molecule has 0 aliphatic carbocycles. The fourth-order valence-corrected chi connectivity index (χ4v) is 1.34. The summed E-state index contributed by atoms with van der Waals surface area (Å²) in [7, 11) is 0. The highest BCUT2D eigenvalue weighted by atomic mass is 35.5. The number of rotatable bonds is 0. The van der Waals surface area contributed by atoms with Crippen LogP contribution in [0.3, 0.4) is 0 Å². The van der Waals surface area contributed by atoms with Crippen molar-refractivity contribution in [2.24, 2.45) is 0 Å². The van der Waals surface area contributed by atoms with Gasteiger partial charge in [-0.05, 0) is 18.2 Å². The third-order valence-corrected chi connectivity index (χ3v) is 1.97. The van der Waals surface area contributed by atoms with Crippen LogP contribution in [0, 0.1) is 0 Å². The predicted molar refractivity (Wildman–Crippen MR) is 48.9 cm³/mol. The summed E-state index contributed by atoms with van der Waals surface area (Å²) >= 11 is 5.65. The third kappa shape index (κ3) is 1.18. The fraction of sp³-hybridized carbons (Fsp3) is 0. The Kier molecular flexibility index (Phi) is 1.82. The van der Waals surface area contributed by atoms with Gasteiger partial charge < -0.3 is 9.52 Å². The Morgan fingerprint density at radius 1 is 1.50 bits per heavy atom. The molecule has 14 heavy (non-hydrogen) atoms. The van der Waals surface area contributed by atoms with Crippen molar-refractivity contribution >= 4 is 28.8 Å². The third-order valence-electron chi connectivity index (χ3n) is 1.73. The van der Waals surface area contributed by atoms with Crippen molar-refractivity contribution in [2.45, 2.75) is 0 Å². The maximum atomic E-state index is 11.1. The molecule has 0 spiro atoms. The molecule has 72 valence electrons. The summed E-state index contributed by atoms with van der Waals surface area (Å²) in [6.45, 7) is 0. The average Bonchev–Trinajstić information content (AvgIpc) is 2.40. The Bertz CT molecular complexity index is 568. The number of nitrogens with zero attached hydrogens (tertiary/aromatic N) is 1. The number of hydrogen-bond donors (Lipinski definition) is 1. The minimum atomic E-state index is -1.39. The molecule has 1 N–H and O–H groups in total. The van der Waals surface area contributed by atoms with Gasteiger partial charge in [0.1, 0.15) is 5.52 Å². The number of carbonyl (C=O) groups is 1. The van der Waals surface area contributed by atoms with E-state index in [1.807, 2.05) is 0 Å². The van der Waals surface area contributed by atoms with Gasteiger partial charge in [-0.2, -0.15) is 4.57 Å². The molecule has 6 heteroatoms. The van der Waals surface area contributed by atoms with Gasteiger partial charge in [0, 0.05) is 5.02 Å². The van der Waals surface area contributed by atoms with Crippen LogP contribution in [-0.4, -0.2) is 15.8 Å². The summed E-state index contributed by atoms with van der Waals surface area (Å²) in [5, 5.41) is 9.04. The van der Waals surface area contributed by atoms with Gasteiger partial charge in [-0.25, -0.2) is 9.59 Å². The van der Waals surface area contributed by atoms with E-state index >= 15 is 0 Å². The molecule has 5 nitrogen and oxygen atoms in total. The first kappa shape index (κ1) is 8.83. The number of halogens is 1. The molecule has 0 saturated carbocycles. The number of oxazole rings is 1. The van der Waals surface area contributed by atoms with E-state index in [1.54, 1.807) is 0 Å². The second kappa shape index (κ2) is 2.88. The highest BCUT2D eigenvalue weighted by Gasteiger charge is 2.14. The first-order chi connectivity index (χ1) is 6.59. The van der Waals surface area contributed by atoms with Crippen LogP contribution in [0.15, 0.2) is 27.4 Å². The Hall–Kier alpha value is -1.75. The second-order valence-corrected chi connectivity index (χ2v) is 3.03. The van der Waals surface area contributed by atoms with E-state index in [9.17, 15) is 9.59 Å². The fourth-order valence-electron chi connectivity index (χ4n) is 1.17.